The smallest absolute Gasteiger partial charge is 0.328 e. The zero-order valence-corrected chi connectivity index (χ0v) is 9.36. The normalized spacial score (nSPS) is 11.9. The highest BCUT2D eigenvalue weighted by atomic mass is 16.5. The molecule has 5 nitrogen and oxygen atoms in total. The lowest BCUT2D eigenvalue weighted by Crippen LogP contribution is -2.39. The highest BCUT2D eigenvalue weighted by Crippen LogP contribution is 2.03. The number of nitrogens with one attached hydrogen (secondary N) is 1. The van der Waals surface area contributed by atoms with Crippen LogP contribution in [-0.2, 0) is 20.7 Å². The van der Waals surface area contributed by atoms with Gasteiger partial charge in [-0.2, -0.15) is 0 Å². The van der Waals surface area contributed by atoms with Gasteiger partial charge in [-0.15, -0.1) is 0 Å². The molecule has 1 N–H and O–H groups in total. The Labute approximate surface area is 93.8 Å². The van der Waals surface area contributed by atoms with Crippen LogP contribution in [0, 0.1) is 0 Å². The number of amides is 1. The molecule has 0 radical (unpaired) electrons. The Morgan fingerprint density at radius 2 is 2.31 bits per heavy atom. The van der Waals surface area contributed by atoms with Crippen LogP contribution < -0.4 is 5.32 Å². The molecule has 0 saturated heterocycles. The first-order valence-electron chi connectivity index (χ1n) is 5.03. The van der Waals surface area contributed by atoms with E-state index in [1.54, 1.807) is 25.3 Å². The minimum absolute atomic E-state index is 0.200. The van der Waals surface area contributed by atoms with Crippen molar-refractivity contribution in [1.29, 1.82) is 0 Å². The van der Waals surface area contributed by atoms with Crippen molar-refractivity contribution < 1.29 is 18.7 Å². The summed E-state index contributed by atoms with van der Waals surface area (Å²) in [4.78, 5) is 22.4. The molecular weight excluding hydrogens is 210 g/mol. The van der Waals surface area contributed by atoms with E-state index in [0.717, 1.165) is 5.76 Å². The average molecular weight is 225 g/mol. The summed E-state index contributed by atoms with van der Waals surface area (Å²) in [6, 6.07) is 2.95. The molecule has 1 amide bonds. The molecule has 0 fully saturated rings. The van der Waals surface area contributed by atoms with E-state index in [9.17, 15) is 9.59 Å². The Kier molecular flexibility index (Phi) is 4.57. The van der Waals surface area contributed by atoms with Crippen LogP contribution in [0.15, 0.2) is 22.8 Å². The molecule has 88 valence electrons. The average Bonchev–Trinajstić information content (AvgIpc) is 2.78. The fourth-order valence-corrected chi connectivity index (χ4v) is 1.24. The summed E-state index contributed by atoms with van der Waals surface area (Å²) in [6.07, 6.45) is 2.37. The van der Waals surface area contributed by atoms with Crippen LogP contribution in [0.3, 0.4) is 0 Å². The fraction of sp³-hybridized carbons (Fsp3) is 0.455. The molecule has 16 heavy (non-hydrogen) atoms. The third kappa shape index (κ3) is 3.76. The summed E-state index contributed by atoms with van der Waals surface area (Å²) in [7, 11) is 1.29. The lowest BCUT2D eigenvalue weighted by atomic mass is 10.2. The zero-order chi connectivity index (χ0) is 12.0. The molecule has 1 heterocycles. The molecule has 1 aromatic rings. The van der Waals surface area contributed by atoms with Crippen LogP contribution in [0.2, 0.25) is 0 Å². The predicted molar refractivity (Wildman–Crippen MR) is 56.6 cm³/mol. The van der Waals surface area contributed by atoms with Crippen LogP contribution in [0.4, 0.5) is 0 Å². The quantitative estimate of drug-likeness (QED) is 0.755. The van der Waals surface area contributed by atoms with Gasteiger partial charge in [0.1, 0.15) is 11.8 Å². The van der Waals surface area contributed by atoms with Gasteiger partial charge in [0.2, 0.25) is 5.91 Å². The minimum atomic E-state index is -0.617. The lowest BCUT2D eigenvalue weighted by Gasteiger charge is -2.10. The Morgan fingerprint density at radius 1 is 1.56 bits per heavy atom. The van der Waals surface area contributed by atoms with Crippen molar-refractivity contribution in [1.82, 2.24) is 5.32 Å². The number of carbonyl (C=O) groups excluding carboxylic acids is 2. The van der Waals surface area contributed by atoms with Crippen molar-refractivity contribution in [3.8, 4) is 0 Å². The first-order valence-corrected chi connectivity index (χ1v) is 5.03. The number of esters is 1. The number of aryl methyl sites for hydroxylation is 1. The summed E-state index contributed by atoms with van der Waals surface area (Å²) in [5.41, 5.74) is 0. The van der Waals surface area contributed by atoms with Crippen molar-refractivity contribution in [2.45, 2.75) is 25.8 Å². The Morgan fingerprint density at radius 3 is 2.88 bits per heavy atom. The monoisotopic (exact) mass is 225 g/mol. The summed E-state index contributed by atoms with van der Waals surface area (Å²) in [5.74, 6) is 0.0986. The third-order valence-corrected chi connectivity index (χ3v) is 2.11. The maximum Gasteiger partial charge on any atom is 0.328 e. The second-order valence-electron chi connectivity index (χ2n) is 3.39. The summed E-state index contributed by atoms with van der Waals surface area (Å²) in [6.45, 7) is 1.58. The van der Waals surface area contributed by atoms with Gasteiger partial charge in [-0.05, 0) is 19.1 Å². The molecule has 1 unspecified atom stereocenters. The zero-order valence-electron chi connectivity index (χ0n) is 9.36. The van der Waals surface area contributed by atoms with Gasteiger partial charge in [0.05, 0.1) is 13.4 Å². The maximum atomic E-state index is 11.4. The number of carbonyl (C=O) groups is 2. The topological polar surface area (TPSA) is 68.5 Å². The van der Waals surface area contributed by atoms with E-state index in [0.29, 0.717) is 6.42 Å². The van der Waals surface area contributed by atoms with Crippen LogP contribution >= 0.6 is 0 Å². The van der Waals surface area contributed by atoms with Crippen LogP contribution in [0.1, 0.15) is 19.1 Å². The second kappa shape index (κ2) is 5.95. The van der Waals surface area contributed by atoms with E-state index < -0.39 is 12.0 Å². The summed E-state index contributed by atoms with van der Waals surface area (Å²) < 4.78 is 9.58. The van der Waals surface area contributed by atoms with Gasteiger partial charge < -0.3 is 14.5 Å². The van der Waals surface area contributed by atoms with Gasteiger partial charge in [-0.1, -0.05) is 0 Å². The van der Waals surface area contributed by atoms with E-state index >= 15 is 0 Å². The largest absolute Gasteiger partial charge is 0.469 e. The third-order valence-electron chi connectivity index (χ3n) is 2.11. The van der Waals surface area contributed by atoms with Crippen molar-refractivity contribution in [2.24, 2.45) is 0 Å². The van der Waals surface area contributed by atoms with Crippen LogP contribution in [0.5, 0.6) is 0 Å². The number of hydrogen-bond donors (Lipinski definition) is 1. The van der Waals surface area contributed by atoms with E-state index in [2.05, 4.69) is 10.1 Å². The molecule has 0 spiro atoms. The minimum Gasteiger partial charge on any atom is -0.469 e. The van der Waals surface area contributed by atoms with Crippen molar-refractivity contribution >= 4 is 11.9 Å². The highest BCUT2D eigenvalue weighted by Gasteiger charge is 2.15. The SMILES string of the molecule is COC(=O)C(C)NC(=O)CCc1ccco1. The van der Waals surface area contributed by atoms with Gasteiger partial charge in [0.15, 0.2) is 0 Å². The fourth-order valence-electron chi connectivity index (χ4n) is 1.24. The standard InChI is InChI=1S/C11H15NO4/c1-8(11(14)15-2)12-10(13)6-5-9-4-3-7-16-9/h3-4,7-8H,5-6H2,1-2H3,(H,12,13). The summed E-state index contributed by atoms with van der Waals surface area (Å²) >= 11 is 0. The second-order valence-corrected chi connectivity index (χ2v) is 3.39. The molecular formula is C11H15NO4. The van der Waals surface area contributed by atoms with E-state index in [-0.39, 0.29) is 12.3 Å². The highest BCUT2D eigenvalue weighted by molar-refractivity contribution is 5.84. The number of rotatable bonds is 5. The number of methoxy groups -OCH3 is 1. The predicted octanol–water partition coefficient (Wildman–Crippen LogP) is 0.890. The molecule has 0 aliphatic rings. The lowest BCUT2D eigenvalue weighted by molar-refractivity contribution is -0.144. The molecule has 0 bridgehead atoms. The molecule has 5 heteroatoms. The molecule has 0 aliphatic heterocycles. The van der Waals surface area contributed by atoms with Gasteiger partial charge in [-0.3, -0.25) is 4.79 Å². The van der Waals surface area contributed by atoms with Crippen molar-refractivity contribution in [2.75, 3.05) is 7.11 Å². The molecule has 0 aromatic carbocycles. The first-order chi connectivity index (χ1) is 7.63. The van der Waals surface area contributed by atoms with E-state index in [1.807, 2.05) is 0 Å². The number of ether oxygens (including phenoxy) is 1. The van der Waals surface area contributed by atoms with Crippen molar-refractivity contribution in [3.05, 3.63) is 24.2 Å². The Hall–Kier alpha value is -1.78. The number of hydrogen-bond acceptors (Lipinski definition) is 4. The van der Waals surface area contributed by atoms with Gasteiger partial charge in [-0.25, -0.2) is 4.79 Å². The van der Waals surface area contributed by atoms with Gasteiger partial charge in [0, 0.05) is 12.8 Å². The van der Waals surface area contributed by atoms with Crippen LogP contribution in [0.25, 0.3) is 0 Å². The van der Waals surface area contributed by atoms with E-state index in [1.165, 1.54) is 7.11 Å². The summed E-state index contributed by atoms with van der Waals surface area (Å²) in [5, 5.41) is 2.54. The van der Waals surface area contributed by atoms with Crippen LogP contribution in [-0.4, -0.2) is 25.0 Å². The van der Waals surface area contributed by atoms with Crippen molar-refractivity contribution in [3.63, 3.8) is 0 Å². The Balaban J connectivity index is 2.28. The number of furan rings is 1. The van der Waals surface area contributed by atoms with E-state index in [4.69, 9.17) is 4.42 Å². The molecule has 1 atom stereocenters. The molecule has 1 aromatic heterocycles. The maximum absolute atomic E-state index is 11.4. The Bertz CT molecular complexity index is 345. The van der Waals surface area contributed by atoms with Gasteiger partial charge in [0.25, 0.3) is 0 Å². The molecule has 0 saturated carbocycles. The first kappa shape index (κ1) is 12.3. The molecule has 1 rings (SSSR count). The van der Waals surface area contributed by atoms with Gasteiger partial charge >= 0.3 is 5.97 Å². The molecule has 0 aliphatic carbocycles.